The quantitative estimate of drug-likeness (QED) is 0.639. The third-order valence-corrected chi connectivity index (χ3v) is 2.39. The molecule has 0 spiro atoms. The molecule has 4 nitrogen and oxygen atoms in total. The molecule has 1 aromatic rings. The van der Waals surface area contributed by atoms with E-state index in [9.17, 15) is 9.59 Å². The summed E-state index contributed by atoms with van der Waals surface area (Å²) in [5.41, 5.74) is 6.23. The lowest BCUT2D eigenvalue weighted by molar-refractivity contribution is -0.120. The highest BCUT2D eigenvalue weighted by Gasteiger charge is 2.10. The third-order valence-electron chi connectivity index (χ3n) is 1.97. The Morgan fingerprint density at radius 3 is 2.25 bits per heavy atom. The molecule has 0 heterocycles. The van der Waals surface area contributed by atoms with E-state index in [4.69, 9.17) is 0 Å². The highest BCUT2D eigenvalue weighted by Crippen LogP contribution is 2.02. The van der Waals surface area contributed by atoms with Crippen molar-refractivity contribution in [3.63, 3.8) is 0 Å². The van der Waals surface area contributed by atoms with Crippen molar-refractivity contribution in [3.05, 3.63) is 35.4 Å². The Hall–Kier alpha value is -1.36. The minimum atomic E-state index is -0.342. The molecule has 1 aromatic carbocycles. The molecule has 0 unspecified atom stereocenters. The summed E-state index contributed by atoms with van der Waals surface area (Å²) in [4.78, 5) is 22.4. The van der Waals surface area contributed by atoms with Gasteiger partial charge in [-0.3, -0.25) is 20.4 Å². The molecular formula is C11H13BrN2O2. The van der Waals surface area contributed by atoms with Gasteiger partial charge in [0.15, 0.2) is 0 Å². The van der Waals surface area contributed by atoms with Crippen LogP contribution >= 0.6 is 15.9 Å². The average Bonchev–Trinajstić information content (AvgIpc) is 2.26. The van der Waals surface area contributed by atoms with Gasteiger partial charge in [0.25, 0.3) is 11.8 Å². The van der Waals surface area contributed by atoms with E-state index >= 15 is 0 Å². The Balaban J connectivity index is 2.53. The van der Waals surface area contributed by atoms with Crippen LogP contribution in [0, 0.1) is 6.92 Å². The molecule has 1 atom stereocenters. The van der Waals surface area contributed by atoms with Gasteiger partial charge in [0.2, 0.25) is 0 Å². The van der Waals surface area contributed by atoms with Crippen molar-refractivity contribution in [1.29, 1.82) is 0 Å². The van der Waals surface area contributed by atoms with Gasteiger partial charge < -0.3 is 0 Å². The van der Waals surface area contributed by atoms with Gasteiger partial charge in [-0.2, -0.15) is 0 Å². The van der Waals surface area contributed by atoms with Gasteiger partial charge in [-0.1, -0.05) is 33.6 Å². The summed E-state index contributed by atoms with van der Waals surface area (Å²) in [7, 11) is 0. The Kier molecular flexibility index (Phi) is 4.49. The number of aryl methyl sites for hydroxylation is 1. The molecule has 5 heteroatoms. The maximum absolute atomic E-state index is 11.5. The van der Waals surface area contributed by atoms with Crippen LogP contribution < -0.4 is 10.9 Å². The standard InChI is InChI=1S/C11H13BrN2O2/c1-7-3-5-9(6-4-7)11(16)14-13-10(15)8(2)12/h3-6,8H,1-2H3,(H,13,15)(H,14,16)/t8-/m1/s1. The highest BCUT2D eigenvalue weighted by atomic mass is 79.9. The summed E-state index contributed by atoms with van der Waals surface area (Å²) in [5, 5.41) is 0. The highest BCUT2D eigenvalue weighted by molar-refractivity contribution is 9.10. The van der Waals surface area contributed by atoms with Gasteiger partial charge in [-0.05, 0) is 26.0 Å². The molecule has 0 saturated carbocycles. The monoisotopic (exact) mass is 284 g/mol. The summed E-state index contributed by atoms with van der Waals surface area (Å²) in [6.07, 6.45) is 0. The number of halogens is 1. The molecular weight excluding hydrogens is 272 g/mol. The number of carbonyl (C=O) groups is 2. The number of amides is 2. The van der Waals surface area contributed by atoms with Crippen molar-refractivity contribution >= 4 is 27.7 Å². The fourth-order valence-electron chi connectivity index (χ4n) is 0.995. The fraction of sp³-hybridized carbons (Fsp3) is 0.273. The van der Waals surface area contributed by atoms with Gasteiger partial charge in [0.1, 0.15) is 0 Å². The summed E-state index contributed by atoms with van der Waals surface area (Å²) in [5.74, 6) is -0.623. The zero-order chi connectivity index (χ0) is 12.1. The van der Waals surface area contributed by atoms with E-state index in [1.165, 1.54) is 0 Å². The van der Waals surface area contributed by atoms with E-state index in [0.29, 0.717) is 5.56 Å². The number of rotatable bonds is 2. The largest absolute Gasteiger partial charge is 0.272 e. The van der Waals surface area contributed by atoms with Crippen LogP contribution in [0.2, 0.25) is 0 Å². The van der Waals surface area contributed by atoms with Gasteiger partial charge in [-0.25, -0.2) is 0 Å². The van der Waals surface area contributed by atoms with Crippen LogP contribution in [-0.2, 0) is 4.79 Å². The number of nitrogens with one attached hydrogen (secondary N) is 2. The van der Waals surface area contributed by atoms with Crippen molar-refractivity contribution in [2.24, 2.45) is 0 Å². The number of carbonyl (C=O) groups excluding carboxylic acids is 2. The maximum atomic E-state index is 11.5. The first-order valence-corrected chi connectivity index (χ1v) is 5.73. The first kappa shape index (κ1) is 12.7. The summed E-state index contributed by atoms with van der Waals surface area (Å²) in [6, 6.07) is 7.08. The average molecular weight is 285 g/mol. The fourth-order valence-corrected chi connectivity index (χ4v) is 1.11. The minimum absolute atomic E-state index is 0.291. The van der Waals surface area contributed by atoms with Crippen molar-refractivity contribution in [1.82, 2.24) is 10.9 Å². The molecule has 0 aliphatic rings. The lowest BCUT2D eigenvalue weighted by Gasteiger charge is -2.08. The molecule has 0 aromatic heterocycles. The Bertz CT molecular complexity index is 387. The van der Waals surface area contributed by atoms with E-state index in [0.717, 1.165) is 5.56 Å². The van der Waals surface area contributed by atoms with Crippen molar-refractivity contribution in [2.45, 2.75) is 18.7 Å². The summed E-state index contributed by atoms with van der Waals surface area (Å²) in [6.45, 7) is 3.61. The van der Waals surface area contributed by atoms with Crippen LogP contribution in [0.1, 0.15) is 22.8 Å². The maximum Gasteiger partial charge on any atom is 0.269 e. The second-order valence-corrected chi connectivity index (χ2v) is 4.80. The van der Waals surface area contributed by atoms with Gasteiger partial charge in [0.05, 0.1) is 4.83 Å². The zero-order valence-corrected chi connectivity index (χ0v) is 10.7. The molecule has 0 aliphatic heterocycles. The number of benzene rings is 1. The summed E-state index contributed by atoms with van der Waals surface area (Å²) < 4.78 is 0. The van der Waals surface area contributed by atoms with Crippen molar-refractivity contribution in [2.75, 3.05) is 0 Å². The molecule has 0 bridgehead atoms. The molecule has 86 valence electrons. The van der Waals surface area contributed by atoms with Crippen LogP contribution in [0.4, 0.5) is 0 Å². The van der Waals surface area contributed by atoms with E-state index in [1.807, 2.05) is 19.1 Å². The van der Waals surface area contributed by atoms with Crippen LogP contribution in [-0.4, -0.2) is 16.6 Å². The second kappa shape index (κ2) is 5.65. The Labute approximate surface area is 103 Å². The van der Waals surface area contributed by atoms with Crippen LogP contribution in [0.25, 0.3) is 0 Å². The zero-order valence-electron chi connectivity index (χ0n) is 9.08. The van der Waals surface area contributed by atoms with Gasteiger partial charge in [-0.15, -0.1) is 0 Å². The molecule has 0 saturated heterocycles. The van der Waals surface area contributed by atoms with Crippen LogP contribution in [0.5, 0.6) is 0 Å². The normalized spacial score (nSPS) is 11.7. The predicted octanol–water partition coefficient (Wildman–Crippen LogP) is 1.54. The lowest BCUT2D eigenvalue weighted by atomic mass is 10.1. The van der Waals surface area contributed by atoms with Gasteiger partial charge >= 0.3 is 0 Å². The summed E-state index contributed by atoms with van der Waals surface area (Å²) >= 11 is 3.09. The van der Waals surface area contributed by atoms with Crippen LogP contribution in [0.15, 0.2) is 24.3 Å². The molecule has 2 amide bonds. The minimum Gasteiger partial charge on any atom is -0.272 e. The number of hydrogen-bond donors (Lipinski definition) is 2. The molecule has 1 rings (SSSR count). The third kappa shape index (κ3) is 3.66. The first-order valence-electron chi connectivity index (χ1n) is 4.81. The van der Waals surface area contributed by atoms with Gasteiger partial charge in [0, 0.05) is 5.56 Å². The predicted molar refractivity (Wildman–Crippen MR) is 65.2 cm³/mol. The Morgan fingerprint density at radius 2 is 1.75 bits per heavy atom. The van der Waals surface area contributed by atoms with Crippen molar-refractivity contribution < 1.29 is 9.59 Å². The number of hydrogen-bond acceptors (Lipinski definition) is 2. The number of hydrazine groups is 1. The molecule has 0 fully saturated rings. The molecule has 16 heavy (non-hydrogen) atoms. The Morgan fingerprint density at radius 1 is 1.19 bits per heavy atom. The van der Waals surface area contributed by atoms with E-state index in [1.54, 1.807) is 19.1 Å². The SMILES string of the molecule is Cc1ccc(C(=O)NNC(=O)[C@@H](C)Br)cc1. The van der Waals surface area contributed by atoms with E-state index in [2.05, 4.69) is 26.8 Å². The smallest absolute Gasteiger partial charge is 0.269 e. The van der Waals surface area contributed by atoms with Crippen molar-refractivity contribution in [3.8, 4) is 0 Å². The first-order chi connectivity index (χ1) is 7.50. The van der Waals surface area contributed by atoms with E-state index in [-0.39, 0.29) is 16.6 Å². The number of alkyl halides is 1. The van der Waals surface area contributed by atoms with Crippen LogP contribution in [0.3, 0.4) is 0 Å². The molecule has 0 radical (unpaired) electrons. The lowest BCUT2D eigenvalue weighted by Crippen LogP contribution is -2.44. The van der Waals surface area contributed by atoms with E-state index < -0.39 is 0 Å². The molecule has 0 aliphatic carbocycles. The molecule has 2 N–H and O–H groups in total. The second-order valence-electron chi connectivity index (χ2n) is 3.43. The topological polar surface area (TPSA) is 58.2 Å².